The Hall–Kier alpha value is -2.20. The van der Waals surface area contributed by atoms with Crippen LogP contribution in [0.1, 0.15) is 110 Å². The zero-order chi connectivity index (χ0) is 21.6. The molecule has 0 aromatic heterocycles. The summed E-state index contributed by atoms with van der Waals surface area (Å²) < 4.78 is 5.09. The highest BCUT2D eigenvalue weighted by Crippen LogP contribution is 2.13. The summed E-state index contributed by atoms with van der Waals surface area (Å²) in [5.74, 6) is 9.64. The number of ether oxygens (including phenoxy) is 1. The molecule has 0 aliphatic heterocycles. The Morgan fingerprint density at radius 1 is 0.862 bits per heavy atom. The van der Waals surface area contributed by atoms with Crippen molar-refractivity contribution in [2.75, 3.05) is 0 Å². The van der Waals surface area contributed by atoms with E-state index in [-0.39, 0.29) is 12.8 Å². The van der Waals surface area contributed by atoms with E-state index >= 15 is 0 Å². The van der Waals surface area contributed by atoms with Crippen LogP contribution in [0.15, 0.2) is 11.8 Å². The van der Waals surface area contributed by atoms with Gasteiger partial charge in [-0.25, -0.2) is 0 Å². The van der Waals surface area contributed by atoms with E-state index in [1.54, 1.807) is 0 Å². The van der Waals surface area contributed by atoms with Gasteiger partial charge in [0.15, 0.2) is 5.76 Å². The minimum atomic E-state index is -0.879. The number of carbonyl (C=O) groups excluding carboxylic acids is 1. The standard InChI is InChI=1S/C25H38O4/c1-3-4-5-6-7-8-9-10-11-12-13-14-17-20-24(29-23(2)26)21-18-15-16-19-22-25(27)28/h20H,3-14,17,19,22H2,1-2H3,(H,27,28)/b24-20+. The fraction of sp³-hybridized carbons (Fsp3) is 0.680. The first-order chi connectivity index (χ1) is 14.1. The van der Waals surface area contributed by atoms with Crippen molar-refractivity contribution in [3.8, 4) is 23.7 Å². The lowest BCUT2D eigenvalue weighted by Crippen LogP contribution is -1.97. The molecule has 0 heterocycles. The zero-order valence-corrected chi connectivity index (χ0v) is 18.4. The van der Waals surface area contributed by atoms with Gasteiger partial charge in [-0.05, 0) is 36.7 Å². The van der Waals surface area contributed by atoms with E-state index < -0.39 is 11.9 Å². The molecule has 0 rings (SSSR count). The third kappa shape index (κ3) is 22.0. The molecule has 0 spiro atoms. The van der Waals surface area contributed by atoms with Crippen LogP contribution in [-0.2, 0) is 14.3 Å². The van der Waals surface area contributed by atoms with Crippen LogP contribution < -0.4 is 0 Å². The van der Waals surface area contributed by atoms with Crippen molar-refractivity contribution >= 4 is 11.9 Å². The summed E-state index contributed by atoms with van der Waals surface area (Å²) in [6.07, 6.45) is 18.6. The molecular weight excluding hydrogens is 364 g/mol. The van der Waals surface area contributed by atoms with Crippen LogP contribution in [0.2, 0.25) is 0 Å². The third-order valence-corrected chi connectivity index (χ3v) is 4.44. The predicted molar refractivity (Wildman–Crippen MR) is 118 cm³/mol. The largest absolute Gasteiger partial charge is 0.481 e. The molecule has 0 radical (unpaired) electrons. The van der Waals surface area contributed by atoms with E-state index in [1.165, 1.54) is 77.6 Å². The Morgan fingerprint density at radius 3 is 1.93 bits per heavy atom. The Bertz CT molecular complexity index is 596. The number of carbonyl (C=O) groups is 2. The molecule has 0 saturated heterocycles. The summed E-state index contributed by atoms with van der Waals surface area (Å²) >= 11 is 0. The second kappa shape index (κ2) is 20.5. The first-order valence-corrected chi connectivity index (χ1v) is 11.2. The van der Waals surface area contributed by atoms with Crippen molar-refractivity contribution < 1.29 is 19.4 Å². The van der Waals surface area contributed by atoms with E-state index in [2.05, 4.69) is 30.6 Å². The van der Waals surface area contributed by atoms with Crippen molar-refractivity contribution in [2.24, 2.45) is 0 Å². The van der Waals surface area contributed by atoms with E-state index in [0.29, 0.717) is 5.76 Å². The lowest BCUT2D eigenvalue weighted by molar-refractivity contribution is -0.137. The fourth-order valence-corrected chi connectivity index (χ4v) is 2.86. The van der Waals surface area contributed by atoms with Crippen LogP contribution in [-0.4, -0.2) is 17.0 Å². The van der Waals surface area contributed by atoms with Crippen LogP contribution in [0.5, 0.6) is 0 Å². The quantitative estimate of drug-likeness (QED) is 0.140. The minimum absolute atomic E-state index is 0.000279. The molecule has 0 aromatic rings. The van der Waals surface area contributed by atoms with E-state index in [1.807, 2.05) is 6.08 Å². The predicted octanol–water partition coefficient (Wildman–Crippen LogP) is 6.40. The lowest BCUT2D eigenvalue weighted by atomic mass is 10.0. The molecule has 4 heteroatoms. The van der Waals surface area contributed by atoms with Gasteiger partial charge in [-0.3, -0.25) is 9.59 Å². The molecule has 0 atom stereocenters. The first-order valence-electron chi connectivity index (χ1n) is 11.2. The van der Waals surface area contributed by atoms with Gasteiger partial charge in [0.25, 0.3) is 0 Å². The first kappa shape index (κ1) is 26.8. The number of hydrogen-bond donors (Lipinski definition) is 1. The van der Waals surface area contributed by atoms with Gasteiger partial charge in [0.2, 0.25) is 0 Å². The number of carboxylic acid groups (broad SMARTS) is 1. The van der Waals surface area contributed by atoms with Gasteiger partial charge in [-0.15, -0.1) is 0 Å². The number of carboxylic acids is 1. The number of aliphatic carboxylic acids is 1. The van der Waals surface area contributed by atoms with Gasteiger partial charge >= 0.3 is 11.9 Å². The second-order valence-corrected chi connectivity index (χ2v) is 7.29. The summed E-state index contributed by atoms with van der Waals surface area (Å²) in [4.78, 5) is 21.6. The monoisotopic (exact) mass is 402 g/mol. The molecule has 0 bridgehead atoms. The highest BCUT2D eigenvalue weighted by Gasteiger charge is 1.98. The molecule has 4 nitrogen and oxygen atoms in total. The maximum atomic E-state index is 11.2. The van der Waals surface area contributed by atoms with Gasteiger partial charge in [-0.2, -0.15) is 0 Å². The summed E-state index contributed by atoms with van der Waals surface area (Å²) in [7, 11) is 0. The molecule has 0 aliphatic carbocycles. The normalized spacial score (nSPS) is 10.5. The molecule has 0 amide bonds. The lowest BCUT2D eigenvalue weighted by Gasteiger charge is -2.02. The molecule has 0 aromatic carbocycles. The van der Waals surface area contributed by atoms with Crippen LogP contribution in [0.3, 0.4) is 0 Å². The fourth-order valence-electron chi connectivity index (χ4n) is 2.86. The summed E-state index contributed by atoms with van der Waals surface area (Å²) in [5, 5.41) is 8.54. The molecule has 29 heavy (non-hydrogen) atoms. The van der Waals surface area contributed by atoms with Crippen LogP contribution >= 0.6 is 0 Å². The van der Waals surface area contributed by atoms with Gasteiger partial charge in [0.1, 0.15) is 0 Å². The number of unbranched alkanes of at least 4 members (excludes halogenated alkanes) is 12. The van der Waals surface area contributed by atoms with Crippen LogP contribution in [0, 0.1) is 23.7 Å². The summed E-state index contributed by atoms with van der Waals surface area (Å²) in [6.45, 7) is 3.60. The number of esters is 1. The van der Waals surface area contributed by atoms with E-state index in [0.717, 1.165) is 12.8 Å². The van der Waals surface area contributed by atoms with Crippen molar-refractivity contribution in [3.05, 3.63) is 11.8 Å². The van der Waals surface area contributed by atoms with Crippen molar-refractivity contribution in [1.29, 1.82) is 0 Å². The van der Waals surface area contributed by atoms with Gasteiger partial charge in [0, 0.05) is 13.3 Å². The molecule has 0 fully saturated rings. The minimum Gasteiger partial charge on any atom is -0.481 e. The molecule has 162 valence electrons. The highest BCUT2D eigenvalue weighted by atomic mass is 16.5. The average molecular weight is 403 g/mol. The van der Waals surface area contributed by atoms with E-state index in [9.17, 15) is 9.59 Å². The number of allylic oxidation sites excluding steroid dienone is 2. The Morgan fingerprint density at radius 2 is 1.41 bits per heavy atom. The third-order valence-electron chi connectivity index (χ3n) is 4.44. The number of rotatable bonds is 16. The van der Waals surface area contributed by atoms with Crippen molar-refractivity contribution in [1.82, 2.24) is 0 Å². The smallest absolute Gasteiger partial charge is 0.308 e. The zero-order valence-electron chi connectivity index (χ0n) is 18.4. The second-order valence-electron chi connectivity index (χ2n) is 7.29. The SMILES string of the molecule is CCCCCCCCCCCCCC/C=C(\C#CC#CCCC(=O)O)OC(C)=O. The number of hydrogen-bond acceptors (Lipinski definition) is 3. The molecular formula is C25H38O4. The topological polar surface area (TPSA) is 63.6 Å². The van der Waals surface area contributed by atoms with Gasteiger partial charge < -0.3 is 9.84 Å². The van der Waals surface area contributed by atoms with Gasteiger partial charge in [-0.1, -0.05) is 83.5 Å². The van der Waals surface area contributed by atoms with Crippen LogP contribution in [0.25, 0.3) is 0 Å². The maximum Gasteiger partial charge on any atom is 0.308 e. The Labute approximate surface area is 177 Å². The molecule has 0 aliphatic rings. The molecule has 0 unspecified atom stereocenters. The van der Waals surface area contributed by atoms with Crippen LogP contribution in [0.4, 0.5) is 0 Å². The maximum absolute atomic E-state index is 11.2. The van der Waals surface area contributed by atoms with Crippen molar-refractivity contribution in [2.45, 2.75) is 110 Å². The average Bonchev–Trinajstić information content (AvgIpc) is 2.67. The highest BCUT2D eigenvalue weighted by molar-refractivity contribution is 5.68. The Balaban J connectivity index is 3.91. The summed E-state index contributed by atoms with van der Waals surface area (Å²) in [5.41, 5.74) is 0. The van der Waals surface area contributed by atoms with E-state index in [4.69, 9.17) is 9.84 Å². The molecule has 1 N–H and O–H groups in total. The summed E-state index contributed by atoms with van der Waals surface area (Å²) in [6, 6.07) is 0. The van der Waals surface area contributed by atoms with Crippen molar-refractivity contribution in [3.63, 3.8) is 0 Å². The Kier molecular flexibility index (Phi) is 19.0. The van der Waals surface area contributed by atoms with Gasteiger partial charge in [0.05, 0.1) is 6.42 Å². The molecule has 0 saturated carbocycles.